The van der Waals surface area contributed by atoms with Gasteiger partial charge in [-0.2, -0.15) is 0 Å². The molecule has 0 atom stereocenters. The number of carboxylic acids is 1. The van der Waals surface area contributed by atoms with Crippen LogP contribution in [0.1, 0.15) is 24.2 Å². The van der Waals surface area contributed by atoms with E-state index in [4.69, 9.17) is 14.6 Å². The third-order valence-corrected chi connectivity index (χ3v) is 2.20. The van der Waals surface area contributed by atoms with Gasteiger partial charge in [-0.25, -0.2) is 4.79 Å². The van der Waals surface area contributed by atoms with Crippen molar-refractivity contribution < 1.29 is 24.3 Å². The molecule has 0 aromatic heterocycles. The van der Waals surface area contributed by atoms with Gasteiger partial charge in [0.1, 0.15) is 17.9 Å². The number of hydrogen-bond donors (Lipinski definition) is 1. The fourth-order valence-electron chi connectivity index (χ4n) is 1.38. The maximum atomic E-state index is 10.9. The number of ether oxygens (including phenoxy) is 2. The summed E-state index contributed by atoms with van der Waals surface area (Å²) < 4.78 is 10.5. The molecule has 0 spiro atoms. The fraction of sp³-hybridized carbons (Fsp3) is 0.417. The first kappa shape index (κ1) is 14.9. The molecular formula is C12H15NO6. The van der Waals surface area contributed by atoms with Crippen LogP contribution in [0.3, 0.4) is 0 Å². The molecule has 7 nitrogen and oxygen atoms in total. The number of aromatic carboxylic acids is 1. The molecular weight excluding hydrogens is 254 g/mol. The number of nitrogens with zero attached hydrogens (tertiary/aromatic N) is 1. The molecule has 0 bridgehead atoms. The molecule has 19 heavy (non-hydrogen) atoms. The minimum atomic E-state index is -1.37. The van der Waals surface area contributed by atoms with Crippen molar-refractivity contribution in [2.24, 2.45) is 0 Å². The van der Waals surface area contributed by atoms with Gasteiger partial charge in [0.05, 0.1) is 17.6 Å². The molecule has 104 valence electrons. The summed E-state index contributed by atoms with van der Waals surface area (Å²) in [7, 11) is 0. The minimum absolute atomic E-state index is 0.0787. The van der Waals surface area contributed by atoms with Crippen molar-refractivity contribution in [3.05, 3.63) is 33.9 Å². The number of benzene rings is 1. The molecule has 0 heterocycles. The number of nitro groups is 1. The lowest BCUT2D eigenvalue weighted by atomic mass is 10.1. The highest BCUT2D eigenvalue weighted by Gasteiger charge is 2.20. The van der Waals surface area contributed by atoms with Gasteiger partial charge in [0, 0.05) is 12.1 Å². The summed E-state index contributed by atoms with van der Waals surface area (Å²) in [6.07, 6.45) is 0.0787. The zero-order chi connectivity index (χ0) is 14.4. The van der Waals surface area contributed by atoms with Gasteiger partial charge < -0.3 is 14.6 Å². The highest BCUT2D eigenvalue weighted by Crippen LogP contribution is 2.24. The molecule has 7 heteroatoms. The first-order chi connectivity index (χ1) is 8.91. The quantitative estimate of drug-likeness (QED) is 0.462. The molecule has 0 saturated carbocycles. The summed E-state index contributed by atoms with van der Waals surface area (Å²) in [5, 5.41) is 19.6. The monoisotopic (exact) mass is 269 g/mol. The van der Waals surface area contributed by atoms with E-state index in [1.54, 1.807) is 0 Å². The number of nitro benzene ring substituents is 1. The van der Waals surface area contributed by atoms with Crippen LogP contribution in [0, 0.1) is 10.1 Å². The van der Waals surface area contributed by atoms with Crippen LogP contribution in [0.15, 0.2) is 18.2 Å². The van der Waals surface area contributed by atoms with Gasteiger partial charge in [0.2, 0.25) is 0 Å². The standard InChI is InChI=1S/C12H15NO6/c1-8(2)18-5-6-19-9-3-4-11(13(16)17)10(7-9)12(14)15/h3-4,7-8H,5-6H2,1-2H3,(H,14,15). The Labute approximate surface area is 109 Å². The highest BCUT2D eigenvalue weighted by atomic mass is 16.6. The second-order valence-corrected chi connectivity index (χ2v) is 4.01. The van der Waals surface area contributed by atoms with Crippen molar-refractivity contribution in [1.82, 2.24) is 0 Å². The van der Waals surface area contributed by atoms with E-state index in [2.05, 4.69) is 0 Å². The second-order valence-electron chi connectivity index (χ2n) is 4.01. The van der Waals surface area contributed by atoms with Crippen molar-refractivity contribution in [1.29, 1.82) is 0 Å². The van der Waals surface area contributed by atoms with Crippen LogP contribution in [0.5, 0.6) is 5.75 Å². The summed E-state index contributed by atoms with van der Waals surface area (Å²) in [6.45, 7) is 4.37. The summed E-state index contributed by atoms with van der Waals surface area (Å²) in [6, 6.07) is 3.61. The molecule has 0 aliphatic heterocycles. The topological polar surface area (TPSA) is 98.9 Å². The smallest absolute Gasteiger partial charge is 0.342 e. The van der Waals surface area contributed by atoms with Crippen LogP contribution in [0.4, 0.5) is 5.69 Å². The van der Waals surface area contributed by atoms with Crippen molar-refractivity contribution in [2.45, 2.75) is 20.0 Å². The normalized spacial score (nSPS) is 10.5. The molecule has 0 unspecified atom stereocenters. The van der Waals surface area contributed by atoms with E-state index < -0.39 is 22.1 Å². The lowest BCUT2D eigenvalue weighted by Crippen LogP contribution is -2.11. The maximum absolute atomic E-state index is 10.9. The highest BCUT2D eigenvalue weighted by molar-refractivity contribution is 5.92. The van der Waals surface area contributed by atoms with Gasteiger partial charge in [0.25, 0.3) is 5.69 Å². The van der Waals surface area contributed by atoms with Crippen LogP contribution >= 0.6 is 0 Å². The molecule has 1 aromatic carbocycles. The third-order valence-electron chi connectivity index (χ3n) is 2.20. The Morgan fingerprint density at radius 1 is 1.42 bits per heavy atom. The predicted octanol–water partition coefficient (Wildman–Crippen LogP) is 2.10. The zero-order valence-corrected chi connectivity index (χ0v) is 10.7. The maximum Gasteiger partial charge on any atom is 0.342 e. The van der Waals surface area contributed by atoms with E-state index in [9.17, 15) is 14.9 Å². The Morgan fingerprint density at radius 2 is 2.11 bits per heavy atom. The molecule has 0 aliphatic carbocycles. The van der Waals surface area contributed by atoms with Gasteiger partial charge in [-0.15, -0.1) is 0 Å². The first-order valence-corrected chi connectivity index (χ1v) is 5.68. The van der Waals surface area contributed by atoms with Crippen molar-refractivity contribution in [2.75, 3.05) is 13.2 Å². The predicted molar refractivity (Wildman–Crippen MR) is 66.6 cm³/mol. The first-order valence-electron chi connectivity index (χ1n) is 5.68. The Bertz CT molecular complexity index is 471. The third kappa shape index (κ3) is 4.55. The Morgan fingerprint density at radius 3 is 2.63 bits per heavy atom. The van der Waals surface area contributed by atoms with E-state index in [1.807, 2.05) is 13.8 Å². The van der Waals surface area contributed by atoms with Gasteiger partial charge in [-0.3, -0.25) is 10.1 Å². The average Bonchev–Trinajstić information content (AvgIpc) is 2.33. The summed E-state index contributed by atoms with van der Waals surface area (Å²) in [5.74, 6) is -1.11. The van der Waals surface area contributed by atoms with E-state index >= 15 is 0 Å². The van der Waals surface area contributed by atoms with E-state index in [-0.39, 0.29) is 18.5 Å². The average molecular weight is 269 g/mol. The van der Waals surface area contributed by atoms with E-state index in [1.165, 1.54) is 6.07 Å². The largest absolute Gasteiger partial charge is 0.491 e. The Kier molecular flexibility index (Phi) is 5.25. The molecule has 0 aliphatic rings. The summed E-state index contributed by atoms with van der Waals surface area (Å²) >= 11 is 0. The van der Waals surface area contributed by atoms with Crippen LogP contribution < -0.4 is 4.74 Å². The molecule has 1 N–H and O–H groups in total. The molecule has 0 radical (unpaired) electrons. The molecule has 1 rings (SSSR count). The van der Waals surface area contributed by atoms with Crippen LogP contribution in [-0.2, 0) is 4.74 Å². The van der Waals surface area contributed by atoms with Crippen LogP contribution in [-0.4, -0.2) is 35.3 Å². The number of rotatable bonds is 7. The fourth-order valence-corrected chi connectivity index (χ4v) is 1.38. The number of carbonyl (C=O) groups is 1. The lowest BCUT2D eigenvalue weighted by Gasteiger charge is -2.09. The number of hydrogen-bond acceptors (Lipinski definition) is 5. The van der Waals surface area contributed by atoms with Crippen molar-refractivity contribution in [3.8, 4) is 5.75 Å². The second kappa shape index (κ2) is 6.69. The van der Waals surface area contributed by atoms with Crippen molar-refractivity contribution in [3.63, 3.8) is 0 Å². The van der Waals surface area contributed by atoms with Gasteiger partial charge >= 0.3 is 5.97 Å². The van der Waals surface area contributed by atoms with Gasteiger partial charge in [-0.1, -0.05) is 0 Å². The zero-order valence-electron chi connectivity index (χ0n) is 10.7. The van der Waals surface area contributed by atoms with Gasteiger partial charge in [-0.05, 0) is 19.9 Å². The van der Waals surface area contributed by atoms with Crippen LogP contribution in [0.25, 0.3) is 0 Å². The SMILES string of the molecule is CC(C)OCCOc1ccc([N+](=O)[O-])c(C(=O)O)c1. The van der Waals surface area contributed by atoms with Gasteiger partial charge in [0.15, 0.2) is 0 Å². The minimum Gasteiger partial charge on any atom is -0.491 e. The molecule has 0 saturated heterocycles. The van der Waals surface area contributed by atoms with Crippen LogP contribution in [0.2, 0.25) is 0 Å². The molecule has 0 fully saturated rings. The van der Waals surface area contributed by atoms with E-state index in [0.717, 1.165) is 12.1 Å². The van der Waals surface area contributed by atoms with Crippen molar-refractivity contribution >= 4 is 11.7 Å². The number of carboxylic acid groups (broad SMARTS) is 1. The molecule has 0 amide bonds. The Hall–Kier alpha value is -2.15. The molecule has 1 aromatic rings. The summed E-state index contributed by atoms with van der Waals surface area (Å²) in [5.41, 5.74) is -0.856. The summed E-state index contributed by atoms with van der Waals surface area (Å²) in [4.78, 5) is 20.8. The van der Waals surface area contributed by atoms with E-state index in [0.29, 0.717) is 6.61 Å². The lowest BCUT2D eigenvalue weighted by molar-refractivity contribution is -0.385. The Balaban J connectivity index is 2.73.